The summed E-state index contributed by atoms with van der Waals surface area (Å²) in [4.78, 5) is 46.6. The predicted octanol–water partition coefficient (Wildman–Crippen LogP) is 4.33. The number of nitrogens with one attached hydrogen (secondary N) is 2. The van der Waals surface area contributed by atoms with Gasteiger partial charge in [-0.2, -0.15) is 16.8 Å². The Morgan fingerprint density at radius 3 is 2.00 bits per heavy atom. The molecule has 6 rings (SSSR count). The molecule has 1 aliphatic rings. The smallest absolute Gasteiger partial charge is 0.296 e. The number of halogens is 2. The molecule has 1 aromatic heterocycles. The maximum absolute atomic E-state index is 13.5. The van der Waals surface area contributed by atoms with Crippen molar-refractivity contribution in [3.05, 3.63) is 116 Å². The molecule has 18 heteroatoms. The molecule has 0 atom stereocenters. The Labute approximate surface area is 287 Å². The van der Waals surface area contributed by atoms with Gasteiger partial charge in [0.1, 0.15) is 4.90 Å². The maximum atomic E-state index is 13.5. The summed E-state index contributed by atoms with van der Waals surface area (Å²) in [6, 6.07) is 15.0. The number of amides is 1. The van der Waals surface area contributed by atoms with Crippen molar-refractivity contribution in [1.29, 1.82) is 0 Å². The van der Waals surface area contributed by atoms with Crippen LogP contribution < -0.4 is 16.4 Å². The fourth-order valence-electron chi connectivity index (χ4n) is 5.37. The van der Waals surface area contributed by atoms with Gasteiger partial charge in [-0.05, 0) is 41.5 Å². The van der Waals surface area contributed by atoms with Crippen LogP contribution in [0.3, 0.4) is 0 Å². The lowest BCUT2D eigenvalue weighted by Gasteiger charge is -2.23. The lowest BCUT2D eigenvalue weighted by atomic mass is 9.82. The standard InChI is InChI=1S/C31H21Cl2N5O9S2/c32-29-30(33)38-20-10-15(7-8-19(20)37-29)31(41)36-13-16-6-5-14(9-22(16)48(42,43)44)12-35-21-11-23(49(45,46)47)26(34)25-24(21)27(39)17-3-1-2-4-18(17)28(25)40/h1-11,35H,12-13,34H2,(H,36,41)(H,42,43,44)(H,45,46,47). The van der Waals surface area contributed by atoms with Gasteiger partial charge < -0.3 is 16.4 Å². The number of nitrogens with two attached hydrogens (primary N) is 1. The molecule has 0 fully saturated rings. The van der Waals surface area contributed by atoms with Crippen molar-refractivity contribution >= 4 is 83.3 Å². The summed E-state index contributed by atoms with van der Waals surface area (Å²) in [5, 5.41) is 5.33. The molecule has 1 amide bonds. The molecule has 0 spiro atoms. The summed E-state index contributed by atoms with van der Waals surface area (Å²) in [5.41, 5.74) is 5.66. The van der Waals surface area contributed by atoms with Crippen molar-refractivity contribution in [2.45, 2.75) is 22.9 Å². The van der Waals surface area contributed by atoms with Gasteiger partial charge in [0, 0.05) is 35.5 Å². The SMILES string of the molecule is Nc1c(S(=O)(=O)O)cc(NCc2ccc(CNC(=O)c3ccc4nc(Cl)c(Cl)nc4c3)c(S(=O)(=O)O)c2)c2c1C(=O)c1ccccc1C2=O. The highest BCUT2D eigenvalue weighted by atomic mass is 35.5. The minimum atomic E-state index is -4.96. The Morgan fingerprint density at radius 1 is 0.755 bits per heavy atom. The molecule has 0 saturated carbocycles. The van der Waals surface area contributed by atoms with Crippen LogP contribution in [0, 0.1) is 0 Å². The van der Waals surface area contributed by atoms with Crippen LogP contribution in [-0.4, -0.2) is 53.4 Å². The van der Waals surface area contributed by atoms with E-state index in [1.807, 2.05) is 0 Å². The Morgan fingerprint density at radius 2 is 1.37 bits per heavy atom. The first kappa shape index (κ1) is 33.9. The lowest BCUT2D eigenvalue weighted by molar-refractivity contribution is 0.0949. The average molecular weight is 743 g/mol. The third kappa shape index (κ3) is 6.44. The molecule has 6 N–H and O–H groups in total. The Kier molecular flexibility index (Phi) is 8.64. The Hall–Kier alpha value is -4.97. The predicted molar refractivity (Wildman–Crippen MR) is 178 cm³/mol. The van der Waals surface area contributed by atoms with E-state index < -0.39 is 58.8 Å². The van der Waals surface area contributed by atoms with E-state index in [9.17, 15) is 40.3 Å². The molecular formula is C31H21Cl2N5O9S2. The van der Waals surface area contributed by atoms with Gasteiger partial charge in [0.2, 0.25) is 0 Å². The second kappa shape index (κ2) is 12.5. The highest BCUT2D eigenvalue weighted by Crippen LogP contribution is 2.39. The number of anilines is 2. The van der Waals surface area contributed by atoms with Crippen LogP contribution in [0.2, 0.25) is 10.3 Å². The van der Waals surface area contributed by atoms with E-state index in [4.69, 9.17) is 28.9 Å². The number of carbonyl (C=O) groups is 3. The third-order valence-electron chi connectivity index (χ3n) is 7.65. The molecule has 14 nitrogen and oxygen atoms in total. The van der Waals surface area contributed by atoms with Gasteiger partial charge in [-0.1, -0.05) is 59.6 Å². The van der Waals surface area contributed by atoms with Crippen molar-refractivity contribution in [3.8, 4) is 0 Å². The van der Waals surface area contributed by atoms with Gasteiger partial charge in [0.05, 0.1) is 32.7 Å². The van der Waals surface area contributed by atoms with Crippen LogP contribution in [-0.2, 0) is 33.3 Å². The molecule has 0 saturated heterocycles. The van der Waals surface area contributed by atoms with Crippen LogP contribution in [0.5, 0.6) is 0 Å². The highest BCUT2D eigenvalue weighted by Gasteiger charge is 2.36. The molecule has 0 radical (unpaired) electrons. The Bertz CT molecular complexity index is 2510. The largest absolute Gasteiger partial charge is 0.397 e. The fourth-order valence-corrected chi connectivity index (χ4v) is 7.05. The number of rotatable bonds is 8. The monoisotopic (exact) mass is 741 g/mol. The van der Waals surface area contributed by atoms with Crippen LogP contribution in [0.4, 0.5) is 11.4 Å². The van der Waals surface area contributed by atoms with Gasteiger partial charge in [0.25, 0.3) is 26.1 Å². The van der Waals surface area contributed by atoms with E-state index in [1.165, 1.54) is 48.5 Å². The van der Waals surface area contributed by atoms with Crippen LogP contribution >= 0.6 is 23.2 Å². The lowest BCUT2D eigenvalue weighted by Crippen LogP contribution is -2.25. The molecule has 4 aromatic carbocycles. The average Bonchev–Trinajstić information content (AvgIpc) is 3.04. The van der Waals surface area contributed by atoms with Crippen molar-refractivity contribution in [2.75, 3.05) is 11.1 Å². The van der Waals surface area contributed by atoms with Crippen LogP contribution in [0.1, 0.15) is 53.3 Å². The molecule has 1 aliphatic carbocycles. The van der Waals surface area contributed by atoms with E-state index in [1.54, 1.807) is 6.07 Å². The first-order chi connectivity index (χ1) is 23.0. The normalized spacial score (nSPS) is 12.8. The maximum Gasteiger partial charge on any atom is 0.296 e. The second-order valence-electron chi connectivity index (χ2n) is 10.7. The summed E-state index contributed by atoms with van der Waals surface area (Å²) >= 11 is 11.8. The molecule has 250 valence electrons. The molecule has 1 heterocycles. The summed E-state index contributed by atoms with van der Waals surface area (Å²) in [5.74, 6) is -1.98. The van der Waals surface area contributed by atoms with Gasteiger partial charge in [-0.3, -0.25) is 23.5 Å². The summed E-state index contributed by atoms with van der Waals surface area (Å²) in [6.45, 7) is -0.587. The van der Waals surface area contributed by atoms with Gasteiger partial charge in [-0.25, -0.2) is 9.97 Å². The van der Waals surface area contributed by atoms with E-state index in [2.05, 4.69) is 20.6 Å². The van der Waals surface area contributed by atoms with Gasteiger partial charge in [0.15, 0.2) is 21.9 Å². The zero-order chi connectivity index (χ0) is 35.4. The molecule has 0 unspecified atom stereocenters. The minimum Gasteiger partial charge on any atom is -0.397 e. The first-order valence-electron chi connectivity index (χ1n) is 13.9. The van der Waals surface area contributed by atoms with Crippen molar-refractivity contribution in [2.24, 2.45) is 0 Å². The molecule has 0 aliphatic heterocycles. The molecular weight excluding hydrogens is 721 g/mol. The van der Waals surface area contributed by atoms with E-state index in [0.717, 1.165) is 12.1 Å². The van der Waals surface area contributed by atoms with Crippen LogP contribution in [0.25, 0.3) is 11.0 Å². The zero-order valence-electron chi connectivity index (χ0n) is 24.6. The molecule has 49 heavy (non-hydrogen) atoms. The number of hydrogen-bond acceptors (Lipinski definition) is 11. The number of aromatic nitrogens is 2. The van der Waals surface area contributed by atoms with E-state index in [0.29, 0.717) is 11.0 Å². The van der Waals surface area contributed by atoms with Gasteiger partial charge in [-0.15, -0.1) is 0 Å². The first-order valence-corrected chi connectivity index (χ1v) is 17.5. The number of nitrogen functional groups attached to an aromatic ring is 1. The summed E-state index contributed by atoms with van der Waals surface area (Å²) < 4.78 is 69.0. The number of ketones is 2. The van der Waals surface area contributed by atoms with Crippen molar-refractivity contribution < 1.29 is 40.3 Å². The number of nitrogens with zero attached hydrogens (tertiary/aromatic N) is 2. The minimum absolute atomic E-state index is 0.00536. The summed E-state index contributed by atoms with van der Waals surface area (Å²) in [7, 11) is -9.80. The number of benzene rings is 4. The number of hydrogen-bond donors (Lipinski definition) is 5. The number of carbonyl (C=O) groups excluding carboxylic acids is 3. The highest BCUT2D eigenvalue weighted by molar-refractivity contribution is 7.86. The topological polar surface area (TPSA) is 236 Å². The van der Waals surface area contributed by atoms with E-state index in [-0.39, 0.29) is 62.5 Å². The van der Waals surface area contributed by atoms with Gasteiger partial charge >= 0.3 is 0 Å². The zero-order valence-corrected chi connectivity index (χ0v) is 27.7. The van der Waals surface area contributed by atoms with Crippen molar-refractivity contribution in [1.82, 2.24) is 15.3 Å². The fraction of sp³-hybridized carbons (Fsp3) is 0.0645. The molecule has 0 bridgehead atoms. The summed E-state index contributed by atoms with van der Waals surface area (Å²) in [6.07, 6.45) is 0. The quantitative estimate of drug-likeness (QED) is 0.108. The third-order valence-corrected chi connectivity index (χ3v) is 10.1. The van der Waals surface area contributed by atoms with E-state index >= 15 is 0 Å². The van der Waals surface area contributed by atoms with Crippen molar-refractivity contribution in [3.63, 3.8) is 0 Å². The second-order valence-corrected chi connectivity index (χ2v) is 14.2. The van der Waals surface area contributed by atoms with Crippen LogP contribution in [0.15, 0.2) is 76.5 Å². The molecule has 5 aromatic rings. The number of fused-ring (bicyclic) bond motifs is 3. The Balaban J connectivity index is 1.29.